The zero-order valence-electron chi connectivity index (χ0n) is 13.4. The lowest BCUT2D eigenvalue weighted by Crippen LogP contribution is -2.48. The first-order valence-electron chi connectivity index (χ1n) is 7.76. The van der Waals surface area contributed by atoms with E-state index >= 15 is 0 Å². The molecule has 1 fully saturated rings. The van der Waals surface area contributed by atoms with Crippen LogP contribution in [-0.2, 0) is 0 Å². The summed E-state index contributed by atoms with van der Waals surface area (Å²) in [5.74, 6) is -0.118. The Hall–Kier alpha value is -2.96. The monoisotopic (exact) mass is 326 g/mol. The van der Waals surface area contributed by atoms with Gasteiger partial charge in [-0.25, -0.2) is 0 Å². The lowest BCUT2D eigenvalue weighted by molar-refractivity contribution is -0.389. The van der Waals surface area contributed by atoms with E-state index in [-0.39, 0.29) is 11.7 Å². The highest BCUT2D eigenvalue weighted by Gasteiger charge is 2.23. The molecule has 1 aliphatic heterocycles. The Labute approximate surface area is 139 Å². The van der Waals surface area contributed by atoms with Crippen LogP contribution in [0.2, 0.25) is 0 Å². The fourth-order valence-electron chi connectivity index (χ4n) is 2.80. The van der Waals surface area contributed by atoms with Crippen LogP contribution in [0.25, 0.3) is 0 Å². The van der Waals surface area contributed by atoms with Crippen LogP contribution < -0.4 is 4.90 Å². The molecule has 3 rings (SSSR count). The van der Waals surface area contributed by atoms with Gasteiger partial charge in [0.2, 0.25) is 0 Å². The standard InChI is InChI=1S/C17H18N4O3/c1-13-3-2-4-14(11-13)17(22)20-9-7-19(8-10-20)15-5-6-16(18-12-15)21(23)24/h2-6,11-12H,7-10H2,1H3. The SMILES string of the molecule is Cc1cccc(C(=O)N2CCN(c3ccc([N+](=O)[O-])nc3)CC2)c1. The van der Waals surface area contributed by atoms with Gasteiger partial charge in [-0.15, -0.1) is 0 Å². The summed E-state index contributed by atoms with van der Waals surface area (Å²) in [6.45, 7) is 4.55. The smallest absolute Gasteiger partial charge is 0.363 e. The maximum atomic E-state index is 12.5. The molecular weight excluding hydrogens is 308 g/mol. The van der Waals surface area contributed by atoms with E-state index in [1.54, 1.807) is 6.07 Å². The molecule has 0 N–H and O–H groups in total. The molecule has 1 aromatic heterocycles. The summed E-state index contributed by atoms with van der Waals surface area (Å²) in [7, 11) is 0. The van der Waals surface area contributed by atoms with Crippen LogP contribution >= 0.6 is 0 Å². The van der Waals surface area contributed by atoms with Crippen LogP contribution in [0.4, 0.5) is 11.5 Å². The molecule has 124 valence electrons. The largest absolute Gasteiger partial charge is 0.365 e. The molecule has 1 amide bonds. The number of pyridine rings is 1. The Morgan fingerprint density at radius 1 is 1.17 bits per heavy atom. The minimum absolute atomic E-state index is 0.0418. The van der Waals surface area contributed by atoms with Gasteiger partial charge >= 0.3 is 5.82 Å². The Morgan fingerprint density at radius 2 is 1.92 bits per heavy atom. The summed E-state index contributed by atoms with van der Waals surface area (Å²) >= 11 is 0. The number of amides is 1. The van der Waals surface area contributed by atoms with E-state index in [0.29, 0.717) is 31.7 Å². The van der Waals surface area contributed by atoms with Gasteiger partial charge < -0.3 is 19.9 Å². The number of aromatic nitrogens is 1. The third kappa shape index (κ3) is 3.34. The molecule has 2 heterocycles. The molecule has 7 heteroatoms. The van der Waals surface area contributed by atoms with Crippen LogP contribution in [0, 0.1) is 17.0 Å². The van der Waals surface area contributed by atoms with E-state index in [4.69, 9.17) is 0 Å². The average Bonchev–Trinajstić information content (AvgIpc) is 2.61. The quantitative estimate of drug-likeness (QED) is 0.638. The van der Waals surface area contributed by atoms with Crippen LogP contribution in [-0.4, -0.2) is 46.9 Å². The normalized spacial score (nSPS) is 14.5. The maximum Gasteiger partial charge on any atom is 0.363 e. The Bertz CT molecular complexity index is 753. The average molecular weight is 326 g/mol. The second-order valence-electron chi connectivity index (χ2n) is 5.78. The van der Waals surface area contributed by atoms with E-state index in [1.165, 1.54) is 12.3 Å². The number of nitro groups is 1. The number of nitrogens with zero attached hydrogens (tertiary/aromatic N) is 4. The summed E-state index contributed by atoms with van der Waals surface area (Å²) in [6.07, 6.45) is 1.51. The summed E-state index contributed by atoms with van der Waals surface area (Å²) in [5, 5.41) is 10.7. The van der Waals surface area contributed by atoms with Crippen LogP contribution in [0.1, 0.15) is 15.9 Å². The number of hydrogen-bond donors (Lipinski definition) is 0. The molecule has 0 unspecified atom stereocenters. The Balaban J connectivity index is 1.63. The number of anilines is 1. The highest BCUT2D eigenvalue weighted by atomic mass is 16.6. The number of hydrogen-bond acceptors (Lipinski definition) is 5. The molecule has 1 aliphatic rings. The minimum atomic E-state index is -0.512. The molecule has 2 aromatic rings. The van der Waals surface area contributed by atoms with Crippen molar-refractivity contribution in [3.05, 3.63) is 63.8 Å². The first kappa shape index (κ1) is 15.9. The molecule has 7 nitrogen and oxygen atoms in total. The van der Waals surface area contributed by atoms with E-state index < -0.39 is 4.92 Å². The second kappa shape index (κ2) is 6.66. The predicted octanol–water partition coefficient (Wildman–Crippen LogP) is 2.26. The number of benzene rings is 1. The summed E-state index contributed by atoms with van der Waals surface area (Å²) < 4.78 is 0. The van der Waals surface area contributed by atoms with Crippen LogP contribution in [0.3, 0.4) is 0 Å². The van der Waals surface area contributed by atoms with Gasteiger partial charge in [0.1, 0.15) is 0 Å². The zero-order chi connectivity index (χ0) is 17.1. The molecule has 0 aliphatic carbocycles. The highest BCUT2D eigenvalue weighted by molar-refractivity contribution is 5.94. The third-order valence-electron chi connectivity index (χ3n) is 4.12. The van der Waals surface area contributed by atoms with Crippen molar-refractivity contribution in [1.82, 2.24) is 9.88 Å². The molecule has 0 spiro atoms. The van der Waals surface area contributed by atoms with Crippen molar-refractivity contribution in [3.8, 4) is 0 Å². The number of piperazine rings is 1. The zero-order valence-corrected chi connectivity index (χ0v) is 13.4. The van der Waals surface area contributed by atoms with Gasteiger partial charge in [0, 0.05) is 37.8 Å². The van der Waals surface area contributed by atoms with E-state index in [9.17, 15) is 14.9 Å². The molecular formula is C17H18N4O3. The lowest BCUT2D eigenvalue weighted by Gasteiger charge is -2.35. The van der Waals surface area contributed by atoms with Gasteiger partial charge in [-0.1, -0.05) is 17.7 Å². The lowest BCUT2D eigenvalue weighted by atomic mass is 10.1. The van der Waals surface area contributed by atoms with Crippen LogP contribution in [0.15, 0.2) is 42.6 Å². The van der Waals surface area contributed by atoms with Crippen molar-refractivity contribution in [1.29, 1.82) is 0 Å². The molecule has 0 bridgehead atoms. The van der Waals surface area contributed by atoms with Gasteiger partial charge in [0.25, 0.3) is 5.91 Å². The van der Waals surface area contributed by atoms with Crippen molar-refractivity contribution in [2.75, 3.05) is 31.1 Å². The second-order valence-corrected chi connectivity index (χ2v) is 5.78. The summed E-state index contributed by atoms with van der Waals surface area (Å²) in [5.41, 5.74) is 2.61. The predicted molar refractivity (Wildman–Crippen MR) is 90.2 cm³/mol. The van der Waals surface area contributed by atoms with Crippen molar-refractivity contribution in [3.63, 3.8) is 0 Å². The topological polar surface area (TPSA) is 79.6 Å². The number of carbonyl (C=O) groups is 1. The van der Waals surface area contributed by atoms with Crippen molar-refractivity contribution < 1.29 is 9.72 Å². The fraction of sp³-hybridized carbons (Fsp3) is 0.294. The minimum Gasteiger partial charge on any atom is -0.365 e. The van der Waals surface area contributed by atoms with Crippen LogP contribution in [0.5, 0.6) is 0 Å². The van der Waals surface area contributed by atoms with Gasteiger partial charge in [-0.05, 0) is 35.0 Å². The van der Waals surface area contributed by atoms with Crippen molar-refractivity contribution in [2.24, 2.45) is 0 Å². The number of rotatable bonds is 3. The number of carbonyl (C=O) groups excluding carboxylic acids is 1. The van der Waals surface area contributed by atoms with E-state index in [1.807, 2.05) is 36.1 Å². The first-order chi connectivity index (χ1) is 11.5. The maximum absolute atomic E-state index is 12.5. The third-order valence-corrected chi connectivity index (χ3v) is 4.12. The molecule has 0 saturated carbocycles. The van der Waals surface area contributed by atoms with Crippen molar-refractivity contribution in [2.45, 2.75) is 6.92 Å². The van der Waals surface area contributed by atoms with Gasteiger partial charge in [-0.3, -0.25) is 4.79 Å². The van der Waals surface area contributed by atoms with Crippen molar-refractivity contribution >= 4 is 17.4 Å². The van der Waals surface area contributed by atoms with E-state index in [2.05, 4.69) is 9.88 Å². The first-order valence-corrected chi connectivity index (χ1v) is 7.76. The molecule has 1 aromatic carbocycles. The van der Waals surface area contributed by atoms with Gasteiger partial charge in [-0.2, -0.15) is 0 Å². The summed E-state index contributed by atoms with van der Waals surface area (Å²) in [4.78, 5) is 30.4. The van der Waals surface area contributed by atoms with Gasteiger partial charge in [0.15, 0.2) is 6.20 Å². The highest BCUT2D eigenvalue weighted by Crippen LogP contribution is 2.19. The Kier molecular flexibility index (Phi) is 4.41. The molecule has 1 saturated heterocycles. The fourth-order valence-corrected chi connectivity index (χ4v) is 2.80. The summed E-state index contributed by atoms with van der Waals surface area (Å²) in [6, 6.07) is 10.7. The van der Waals surface area contributed by atoms with E-state index in [0.717, 1.165) is 11.3 Å². The van der Waals surface area contributed by atoms with Gasteiger partial charge in [0.05, 0.1) is 5.69 Å². The number of aryl methyl sites for hydroxylation is 1. The molecule has 24 heavy (non-hydrogen) atoms. The molecule has 0 radical (unpaired) electrons. The Morgan fingerprint density at radius 3 is 2.50 bits per heavy atom. The molecule has 0 atom stereocenters.